The average Bonchev–Trinajstić information content (AvgIpc) is 2.39. The molecule has 1 amide bonds. The molecule has 1 aromatic rings. The molecule has 1 aliphatic heterocycles. The lowest BCUT2D eigenvalue weighted by molar-refractivity contribution is -0.385. The van der Waals surface area contributed by atoms with Crippen molar-refractivity contribution in [3.8, 4) is 0 Å². The maximum atomic E-state index is 12.1. The highest BCUT2D eigenvalue weighted by Gasteiger charge is 2.25. The third-order valence-electron chi connectivity index (χ3n) is 2.91. The van der Waals surface area contributed by atoms with Gasteiger partial charge in [0.15, 0.2) is 0 Å². The topological polar surface area (TPSA) is 81.5 Å². The molecule has 1 atom stereocenters. The molecule has 0 spiro atoms. The van der Waals surface area contributed by atoms with Crippen molar-refractivity contribution >= 4 is 23.2 Å². The zero-order valence-corrected chi connectivity index (χ0v) is 10.9. The normalized spacial score (nSPS) is 18.9. The van der Waals surface area contributed by atoms with E-state index >= 15 is 0 Å². The third-order valence-corrected chi connectivity index (χ3v) is 3.23. The molecule has 0 bridgehead atoms. The fourth-order valence-corrected chi connectivity index (χ4v) is 2.26. The van der Waals surface area contributed by atoms with Gasteiger partial charge in [-0.15, -0.1) is 0 Å². The average molecular weight is 285 g/mol. The molecule has 0 radical (unpaired) electrons. The van der Waals surface area contributed by atoms with Gasteiger partial charge in [0.2, 0.25) is 0 Å². The van der Waals surface area contributed by atoms with Crippen molar-refractivity contribution in [3.05, 3.63) is 38.9 Å². The van der Waals surface area contributed by atoms with Gasteiger partial charge in [-0.25, -0.2) is 0 Å². The Kier molecular flexibility index (Phi) is 4.34. The lowest BCUT2D eigenvalue weighted by Crippen LogP contribution is -2.40. The molecule has 1 unspecified atom stereocenters. The van der Waals surface area contributed by atoms with Gasteiger partial charge in [0, 0.05) is 12.7 Å². The smallest absolute Gasteiger partial charge is 0.283 e. The van der Waals surface area contributed by atoms with Gasteiger partial charge in [-0.05, 0) is 18.9 Å². The predicted molar refractivity (Wildman–Crippen MR) is 69.4 cm³/mol. The van der Waals surface area contributed by atoms with E-state index in [2.05, 4.69) is 5.32 Å². The van der Waals surface area contributed by atoms with E-state index in [1.54, 1.807) is 0 Å². The molecule has 0 aromatic heterocycles. The molecule has 2 rings (SSSR count). The van der Waals surface area contributed by atoms with Gasteiger partial charge in [-0.2, -0.15) is 0 Å². The van der Waals surface area contributed by atoms with Gasteiger partial charge in [0.05, 0.1) is 22.6 Å². The molecule has 19 heavy (non-hydrogen) atoms. The van der Waals surface area contributed by atoms with Gasteiger partial charge in [-0.1, -0.05) is 17.7 Å². The van der Waals surface area contributed by atoms with Gasteiger partial charge >= 0.3 is 0 Å². The molecular weight excluding hydrogens is 272 g/mol. The number of nitro benzene ring substituents is 1. The number of rotatable bonds is 3. The first-order valence-electron chi connectivity index (χ1n) is 5.91. The van der Waals surface area contributed by atoms with E-state index in [1.807, 2.05) is 0 Å². The number of benzene rings is 1. The van der Waals surface area contributed by atoms with Gasteiger partial charge in [0.25, 0.3) is 11.6 Å². The van der Waals surface area contributed by atoms with Crippen LogP contribution >= 0.6 is 11.6 Å². The highest BCUT2D eigenvalue weighted by Crippen LogP contribution is 2.26. The van der Waals surface area contributed by atoms with Crippen LogP contribution in [0.4, 0.5) is 5.69 Å². The van der Waals surface area contributed by atoms with Crippen LogP contribution in [0.3, 0.4) is 0 Å². The standard InChI is InChI=1S/C12H13ClN2O4/c13-9-4-1-5-10(15(17)18)11(9)12(16)14-8-3-2-6-19-7-8/h1,4-5,8H,2-3,6-7H2,(H,14,16). The van der Waals surface area contributed by atoms with Crippen LogP contribution < -0.4 is 5.32 Å². The van der Waals surface area contributed by atoms with Crippen molar-refractivity contribution in [2.24, 2.45) is 0 Å². The quantitative estimate of drug-likeness (QED) is 0.681. The molecule has 0 saturated carbocycles. The van der Waals surface area contributed by atoms with Crippen molar-refractivity contribution < 1.29 is 14.5 Å². The maximum Gasteiger partial charge on any atom is 0.283 e. The Morgan fingerprint density at radius 2 is 2.32 bits per heavy atom. The van der Waals surface area contributed by atoms with Crippen molar-refractivity contribution in [1.82, 2.24) is 5.32 Å². The van der Waals surface area contributed by atoms with Gasteiger partial charge in [0.1, 0.15) is 5.56 Å². The molecule has 1 saturated heterocycles. The minimum absolute atomic E-state index is 0.0726. The highest BCUT2D eigenvalue weighted by molar-refractivity contribution is 6.34. The van der Waals surface area contributed by atoms with Crippen LogP contribution in [0.25, 0.3) is 0 Å². The van der Waals surface area contributed by atoms with Crippen LogP contribution in [0.2, 0.25) is 5.02 Å². The largest absolute Gasteiger partial charge is 0.379 e. The number of hydrogen-bond donors (Lipinski definition) is 1. The number of carbonyl (C=O) groups is 1. The zero-order valence-electron chi connectivity index (χ0n) is 10.1. The number of nitrogens with one attached hydrogen (secondary N) is 1. The number of nitro groups is 1. The summed E-state index contributed by atoms with van der Waals surface area (Å²) in [6.07, 6.45) is 1.65. The number of amides is 1. The second kappa shape index (κ2) is 5.99. The zero-order chi connectivity index (χ0) is 13.8. The van der Waals surface area contributed by atoms with E-state index < -0.39 is 10.8 Å². The third kappa shape index (κ3) is 3.21. The van der Waals surface area contributed by atoms with E-state index in [0.717, 1.165) is 12.8 Å². The van der Waals surface area contributed by atoms with E-state index in [1.165, 1.54) is 18.2 Å². The first-order valence-corrected chi connectivity index (χ1v) is 6.29. The van der Waals surface area contributed by atoms with Crippen LogP contribution in [0.1, 0.15) is 23.2 Å². The molecule has 102 valence electrons. The maximum absolute atomic E-state index is 12.1. The number of ether oxygens (including phenoxy) is 1. The van der Waals surface area contributed by atoms with E-state index in [0.29, 0.717) is 13.2 Å². The number of nitrogens with zero attached hydrogens (tertiary/aromatic N) is 1. The Bertz CT molecular complexity index is 501. The Morgan fingerprint density at radius 1 is 1.53 bits per heavy atom. The number of hydrogen-bond acceptors (Lipinski definition) is 4. The van der Waals surface area contributed by atoms with Crippen LogP contribution in [0, 0.1) is 10.1 Å². The van der Waals surface area contributed by atoms with Crippen LogP contribution in [0.5, 0.6) is 0 Å². The van der Waals surface area contributed by atoms with E-state index in [9.17, 15) is 14.9 Å². The second-order valence-corrected chi connectivity index (χ2v) is 4.69. The van der Waals surface area contributed by atoms with Crippen LogP contribution in [-0.4, -0.2) is 30.1 Å². The molecule has 0 aliphatic carbocycles. The first-order chi connectivity index (χ1) is 9.09. The Hall–Kier alpha value is -1.66. The SMILES string of the molecule is O=C(NC1CCCOC1)c1c(Cl)cccc1[N+](=O)[O-]. The summed E-state index contributed by atoms with van der Waals surface area (Å²) in [5.41, 5.74) is -0.388. The van der Waals surface area contributed by atoms with Crippen LogP contribution in [-0.2, 0) is 4.74 Å². The van der Waals surface area contributed by atoms with Gasteiger partial charge in [-0.3, -0.25) is 14.9 Å². The molecule has 1 heterocycles. The van der Waals surface area contributed by atoms with Crippen molar-refractivity contribution in [3.63, 3.8) is 0 Å². The van der Waals surface area contributed by atoms with Crippen molar-refractivity contribution in [1.29, 1.82) is 0 Å². The van der Waals surface area contributed by atoms with Crippen molar-refractivity contribution in [2.75, 3.05) is 13.2 Å². The van der Waals surface area contributed by atoms with E-state index in [4.69, 9.17) is 16.3 Å². The summed E-state index contributed by atoms with van der Waals surface area (Å²) >= 11 is 5.89. The van der Waals surface area contributed by atoms with Crippen LogP contribution in [0.15, 0.2) is 18.2 Å². The summed E-state index contributed by atoms with van der Waals surface area (Å²) in [5, 5.41) is 13.7. The minimum atomic E-state index is -0.613. The summed E-state index contributed by atoms with van der Waals surface area (Å²) in [6.45, 7) is 1.10. The monoisotopic (exact) mass is 284 g/mol. The fourth-order valence-electron chi connectivity index (χ4n) is 2.00. The lowest BCUT2D eigenvalue weighted by Gasteiger charge is -2.23. The lowest BCUT2D eigenvalue weighted by atomic mass is 10.1. The molecule has 1 N–H and O–H groups in total. The molecule has 1 fully saturated rings. The molecular formula is C12H13ClN2O4. The first kappa shape index (κ1) is 13.8. The Morgan fingerprint density at radius 3 is 2.95 bits per heavy atom. The minimum Gasteiger partial charge on any atom is -0.379 e. The molecule has 6 nitrogen and oxygen atoms in total. The highest BCUT2D eigenvalue weighted by atomic mass is 35.5. The summed E-state index contributed by atoms with van der Waals surface area (Å²) < 4.78 is 5.25. The molecule has 1 aliphatic rings. The number of halogens is 1. The summed E-state index contributed by atoms with van der Waals surface area (Å²) in [5.74, 6) is -0.534. The Labute approximate surface area is 114 Å². The Balaban J connectivity index is 2.20. The summed E-state index contributed by atoms with van der Waals surface area (Å²) in [7, 11) is 0. The van der Waals surface area contributed by atoms with E-state index in [-0.39, 0.29) is 22.3 Å². The van der Waals surface area contributed by atoms with Crippen molar-refractivity contribution in [2.45, 2.75) is 18.9 Å². The fraction of sp³-hybridized carbons (Fsp3) is 0.417. The predicted octanol–water partition coefficient (Wildman–Crippen LogP) is 2.16. The number of carbonyl (C=O) groups excluding carboxylic acids is 1. The summed E-state index contributed by atoms with van der Waals surface area (Å²) in [6, 6.07) is 4.04. The van der Waals surface area contributed by atoms with Gasteiger partial charge < -0.3 is 10.1 Å². The summed E-state index contributed by atoms with van der Waals surface area (Å²) in [4.78, 5) is 22.4. The second-order valence-electron chi connectivity index (χ2n) is 4.28. The molecule has 1 aromatic carbocycles. The molecule has 7 heteroatoms.